The third-order valence-electron chi connectivity index (χ3n) is 6.73. The van der Waals surface area contributed by atoms with Crippen molar-refractivity contribution in [3.63, 3.8) is 0 Å². The van der Waals surface area contributed by atoms with Gasteiger partial charge in [-0.25, -0.2) is 14.2 Å². The van der Waals surface area contributed by atoms with Crippen molar-refractivity contribution in [3.8, 4) is 12.3 Å². The normalized spacial score (nSPS) is 20.5. The Balaban J connectivity index is 1.70. The van der Waals surface area contributed by atoms with Gasteiger partial charge in [0.1, 0.15) is 18.0 Å². The molecule has 0 aromatic heterocycles. The van der Waals surface area contributed by atoms with E-state index in [1.54, 1.807) is 6.92 Å². The molecule has 2 N–H and O–H groups in total. The molecule has 2 aliphatic rings. The molecule has 10 nitrogen and oxygen atoms in total. The van der Waals surface area contributed by atoms with Crippen molar-refractivity contribution in [2.75, 3.05) is 19.6 Å². The van der Waals surface area contributed by atoms with Gasteiger partial charge in [-0.05, 0) is 30.2 Å². The minimum atomic E-state index is -1.33. The van der Waals surface area contributed by atoms with Crippen molar-refractivity contribution in [1.82, 2.24) is 25.1 Å². The summed E-state index contributed by atoms with van der Waals surface area (Å²) in [5.74, 6) is -0.328. The summed E-state index contributed by atoms with van der Waals surface area (Å²) in [6.45, 7) is 1.48. The van der Waals surface area contributed by atoms with Gasteiger partial charge in [0, 0.05) is 6.54 Å². The molecule has 2 aromatic rings. The smallest absolute Gasteiger partial charge is 0.334 e. The molecule has 0 aliphatic carbocycles. The second kappa shape index (κ2) is 11.3. The third kappa shape index (κ3) is 5.45. The topological polar surface area (TPSA) is 114 Å². The van der Waals surface area contributed by atoms with E-state index in [0.29, 0.717) is 5.56 Å². The number of carbonyl (C=O) groups is 4. The Morgan fingerprint density at radius 2 is 1.84 bits per heavy atom. The number of halogens is 1. The zero-order chi connectivity index (χ0) is 27.4. The van der Waals surface area contributed by atoms with E-state index < -0.39 is 54.3 Å². The van der Waals surface area contributed by atoms with Gasteiger partial charge < -0.3 is 20.2 Å². The van der Waals surface area contributed by atoms with E-state index in [0.717, 1.165) is 5.56 Å². The molecule has 38 heavy (non-hydrogen) atoms. The van der Waals surface area contributed by atoms with Crippen LogP contribution < -0.4 is 5.32 Å². The van der Waals surface area contributed by atoms with Gasteiger partial charge >= 0.3 is 12.0 Å². The Labute approximate surface area is 219 Å². The molecule has 2 saturated heterocycles. The lowest BCUT2D eigenvalue weighted by molar-refractivity contribution is -0.192. The molecule has 0 saturated carbocycles. The number of rotatable bonds is 7. The van der Waals surface area contributed by atoms with Crippen LogP contribution >= 0.6 is 0 Å². The minimum absolute atomic E-state index is 0.0557. The molecule has 3 atom stereocenters. The van der Waals surface area contributed by atoms with Crippen LogP contribution in [0.3, 0.4) is 0 Å². The molecule has 0 bridgehead atoms. The number of hydrazine groups is 1. The Morgan fingerprint density at radius 1 is 1.16 bits per heavy atom. The largest absolute Gasteiger partial charge is 0.481 e. The number of fused-ring (bicyclic) bond motifs is 1. The summed E-state index contributed by atoms with van der Waals surface area (Å²) in [6, 6.07) is 12.4. The standard InChI is InChI=1S/C27H28FN5O5/c1-3-13-30-17-24(34)32-22(14-25(35)36)26(37)31(18(2)20-9-11-21(28)12-10-20)16-23(32)33(30)27(38)29-15-19-7-5-4-6-8-19/h1,4-12,18,22-23H,13-17H2,2H3,(H,29,38)(H,35,36)/t18?,22-,23-/m0/s1. The third-order valence-corrected chi connectivity index (χ3v) is 6.73. The Kier molecular flexibility index (Phi) is 7.93. The first kappa shape index (κ1) is 26.6. The Hall–Kier alpha value is -4.43. The van der Waals surface area contributed by atoms with Gasteiger partial charge in [0.05, 0.1) is 32.1 Å². The fraction of sp³-hybridized carbons (Fsp3) is 0.333. The summed E-state index contributed by atoms with van der Waals surface area (Å²) in [5, 5.41) is 15.1. The van der Waals surface area contributed by atoms with Crippen LogP contribution in [0.25, 0.3) is 0 Å². The van der Waals surface area contributed by atoms with Crippen LogP contribution in [-0.4, -0.2) is 80.6 Å². The molecule has 0 radical (unpaired) electrons. The van der Waals surface area contributed by atoms with Crippen LogP contribution in [-0.2, 0) is 20.9 Å². The van der Waals surface area contributed by atoms with Gasteiger partial charge in [-0.3, -0.25) is 14.4 Å². The number of benzene rings is 2. The summed E-state index contributed by atoms with van der Waals surface area (Å²) in [4.78, 5) is 54.7. The molecule has 4 amide bonds. The molecule has 2 heterocycles. The van der Waals surface area contributed by atoms with Crippen molar-refractivity contribution >= 4 is 23.8 Å². The number of carbonyl (C=O) groups excluding carboxylic acids is 3. The molecule has 0 spiro atoms. The SMILES string of the molecule is C#CCN1CC(=O)N2[C@@H](CC(=O)O)C(=O)N(C(C)c3ccc(F)cc3)C[C@@H]2N1C(=O)NCc1ccccc1. The van der Waals surface area contributed by atoms with Gasteiger partial charge in [0.2, 0.25) is 11.8 Å². The summed E-state index contributed by atoms with van der Waals surface area (Å²) in [7, 11) is 0. The highest BCUT2D eigenvalue weighted by molar-refractivity contribution is 5.94. The fourth-order valence-corrected chi connectivity index (χ4v) is 4.89. The zero-order valence-electron chi connectivity index (χ0n) is 20.8. The molecule has 2 aliphatic heterocycles. The maximum Gasteiger partial charge on any atom is 0.334 e. The zero-order valence-corrected chi connectivity index (χ0v) is 20.8. The van der Waals surface area contributed by atoms with E-state index in [2.05, 4.69) is 11.2 Å². The van der Waals surface area contributed by atoms with E-state index in [1.807, 2.05) is 30.3 Å². The quantitative estimate of drug-likeness (QED) is 0.538. The number of terminal acetylenes is 1. The number of carboxylic acid groups (broad SMARTS) is 1. The fourth-order valence-electron chi connectivity index (χ4n) is 4.89. The first-order chi connectivity index (χ1) is 18.2. The molecule has 2 aromatic carbocycles. The molecule has 1 unspecified atom stereocenters. The molecule has 4 rings (SSSR count). The van der Waals surface area contributed by atoms with Gasteiger partial charge in [-0.1, -0.05) is 48.4 Å². The number of nitrogens with one attached hydrogen (secondary N) is 1. The molecule has 198 valence electrons. The van der Waals surface area contributed by atoms with Crippen LogP contribution in [0.5, 0.6) is 0 Å². The average molecular weight is 522 g/mol. The molecular formula is C27H28FN5O5. The second-order valence-corrected chi connectivity index (χ2v) is 9.13. The number of aliphatic carboxylic acids is 1. The molecular weight excluding hydrogens is 493 g/mol. The van der Waals surface area contributed by atoms with E-state index in [9.17, 15) is 28.7 Å². The summed E-state index contributed by atoms with van der Waals surface area (Å²) in [5.41, 5.74) is 1.47. The first-order valence-corrected chi connectivity index (χ1v) is 12.1. The van der Waals surface area contributed by atoms with Crippen molar-refractivity contribution < 1.29 is 28.7 Å². The van der Waals surface area contributed by atoms with Crippen LogP contribution in [0.4, 0.5) is 9.18 Å². The van der Waals surface area contributed by atoms with Crippen molar-refractivity contribution in [1.29, 1.82) is 0 Å². The highest BCUT2D eigenvalue weighted by atomic mass is 19.1. The first-order valence-electron chi connectivity index (χ1n) is 12.1. The summed E-state index contributed by atoms with van der Waals surface area (Å²) < 4.78 is 13.5. The molecule has 2 fully saturated rings. The van der Waals surface area contributed by atoms with Gasteiger partial charge in [0.25, 0.3) is 0 Å². The number of piperazine rings is 1. The predicted molar refractivity (Wildman–Crippen MR) is 134 cm³/mol. The lowest BCUT2D eigenvalue weighted by Gasteiger charge is -2.55. The van der Waals surface area contributed by atoms with Crippen molar-refractivity contribution in [3.05, 3.63) is 71.5 Å². The maximum atomic E-state index is 13.6. The van der Waals surface area contributed by atoms with E-state index >= 15 is 0 Å². The van der Waals surface area contributed by atoms with Crippen LogP contribution in [0, 0.1) is 18.2 Å². The second-order valence-electron chi connectivity index (χ2n) is 9.13. The Bertz CT molecular complexity index is 1250. The van der Waals surface area contributed by atoms with Gasteiger partial charge in [-0.2, -0.15) is 5.01 Å². The number of hydrogen-bond acceptors (Lipinski definition) is 5. The highest BCUT2D eigenvalue weighted by Gasteiger charge is 2.52. The van der Waals surface area contributed by atoms with Crippen molar-refractivity contribution in [2.45, 2.75) is 38.1 Å². The lowest BCUT2D eigenvalue weighted by Crippen LogP contribution is -2.76. The number of urea groups is 1. The van der Waals surface area contributed by atoms with Crippen LogP contribution in [0.1, 0.15) is 30.5 Å². The maximum absolute atomic E-state index is 13.6. The number of amides is 4. The van der Waals surface area contributed by atoms with Gasteiger partial charge in [0.15, 0.2) is 0 Å². The average Bonchev–Trinajstić information content (AvgIpc) is 2.89. The van der Waals surface area contributed by atoms with E-state index in [-0.39, 0.29) is 26.2 Å². The summed E-state index contributed by atoms with van der Waals surface area (Å²) in [6.07, 6.45) is 3.89. The lowest BCUT2D eigenvalue weighted by atomic mass is 9.99. The Morgan fingerprint density at radius 3 is 2.47 bits per heavy atom. The van der Waals surface area contributed by atoms with Crippen molar-refractivity contribution in [2.24, 2.45) is 0 Å². The van der Waals surface area contributed by atoms with E-state index in [1.165, 1.54) is 44.1 Å². The van der Waals surface area contributed by atoms with Gasteiger partial charge in [-0.15, -0.1) is 6.42 Å². The number of nitrogens with zero attached hydrogens (tertiary/aromatic N) is 4. The van der Waals surface area contributed by atoms with Crippen LogP contribution in [0.15, 0.2) is 54.6 Å². The van der Waals surface area contributed by atoms with E-state index in [4.69, 9.17) is 6.42 Å². The number of hydrogen-bond donors (Lipinski definition) is 2. The minimum Gasteiger partial charge on any atom is -0.481 e. The van der Waals surface area contributed by atoms with Crippen LogP contribution in [0.2, 0.25) is 0 Å². The summed E-state index contributed by atoms with van der Waals surface area (Å²) >= 11 is 0. The predicted octanol–water partition coefficient (Wildman–Crippen LogP) is 1.80. The monoisotopic (exact) mass is 521 g/mol. The molecule has 11 heteroatoms. The number of carboxylic acids is 1. The highest BCUT2D eigenvalue weighted by Crippen LogP contribution is 2.32.